The average Bonchev–Trinajstić information content (AvgIpc) is 3.02. The Kier molecular flexibility index (Phi) is 8.25. The summed E-state index contributed by atoms with van der Waals surface area (Å²) in [5.74, 6) is -4.67. The van der Waals surface area contributed by atoms with E-state index in [4.69, 9.17) is 4.74 Å². The van der Waals surface area contributed by atoms with Gasteiger partial charge in [0.25, 0.3) is 5.91 Å². The number of aromatic carboxylic acids is 3. The molecule has 0 spiro atoms. The molecule has 0 heterocycles. The summed E-state index contributed by atoms with van der Waals surface area (Å²) in [6, 6.07) is 24.2. The first-order chi connectivity index (χ1) is 20.7. The van der Waals surface area contributed by atoms with E-state index in [1.165, 1.54) is 0 Å². The number of ether oxygens (including phenoxy) is 1. The van der Waals surface area contributed by atoms with E-state index in [2.05, 4.69) is 0 Å². The van der Waals surface area contributed by atoms with Gasteiger partial charge in [0, 0.05) is 6.54 Å². The highest BCUT2D eigenvalue weighted by Gasteiger charge is 2.33. The van der Waals surface area contributed by atoms with Crippen molar-refractivity contribution < 1.29 is 39.2 Å². The van der Waals surface area contributed by atoms with E-state index >= 15 is 0 Å². The van der Waals surface area contributed by atoms with Crippen LogP contribution in [0.25, 0.3) is 11.1 Å². The first-order valence-corrected chi connectivity index (χ1v) is 13.7. The van der Waals surface area contributed by atoms with Gasteiger partial charge >= 0.3 is 17.9 Å². The number of amides is 1. The number of carbonyl (C=O) groups is 4. The van der Waals surface area contributed by atoms with Crippen molar-refractivity contribution in [3.05, 3.63) is 124 Å². The summed E-state index contributed by atoms with van der Waals surface area (Å²) in [5, 5.41) is 29.2. The number of rotatable bonds is 9. The van der Waals surface area contributed by atoms with Gasteiger partial charge in [0.05, 0.1) is 35.4 Å². The number of hydrogen-bond donors (Lipinski definition) is 3. The van der Waals surface area contributed by atoms with Gasteiger partial charge in [0.15, 0.2) is 0 Å². The number of carbonyl (C=O) groups excluding carboxylic acids is 1. The maximum absolute atomic E-state index is 14.3. The molecule has 0 aliphatic heterocycles. The third kappa shape index (κ3) is 5.97. The third-order valence-corrected chi connectivity index (χ3v) is 7.78. The maximum Gasteiger partial charge on any atom is 0.336 e. The number of hydrogen-bond acceptors (Lipinski definition) is 5. The van der Waals surface area contributed by atoms with Crippen molar-refractivity contribution >= 4 is 23.8 Å². The minimum Gasteiger partial charge on any atom is -0.497 e. The topological polar surface area (TPSA) is 141 Å². The Morgan fingerprint density at radius 1 is 0.744 bits per heavy atom. The second-order valence-corrected chi connectivity index (χ2v) is 10.3. The summed E-state index contributed by atoms with van der Waals surface area (Å²) in [7, 11) is 1.60. The molecule has 43 heavy (non-hydrogen) atoms. The van der Waals surface area contributed by atoms with Gasteiger partial charge < -0.3 is 25.0 Å². The molecule has 218 valence electrons. The van der Waals surface area contributed by atoms with E-state index in [1.807, 2.05) is 72.8 Å². The molecule has 0 saturated heterocycles. The summed E-state index contributed by atoms with van der Waals surface area (Å²) in [4.78, 5) is 51.8. The van der Waals surface area contributed by atoms with E-state index in [0.717, 1.165) is 58.5 Å². The van der Waals surface area contributed by atoms with Crippen LogP contribution >= 0.6 is 0 Å². The van der Waals surface area contributed by atoms with Gasteiger partial charge in [-0.25, -0.2) is 14.4 Å². The number of benzene rings is 4. The van der Waals surface area contributed by atoms with Crippen LogP contribution in [-0.2, 0) is 13.0 Å². The number of carboxylic acids is 3. The molecule has 1 atom stereocenters. The lowest BCUT2D eigenvalue weighted by Crippen LogP contribution is -2.37. The minimum absolute atomic E-state index is 0.114. The summed E-state index contributed by atoms with van der Waals surface area (Å²) < 4.78 is 5.24. The van der Waals surface area contributed by atoms with Crippen LogP contribution in [0.2, 0.25) is 0 Å². The molecule has 0 bridgehead atoms. The predicted octanol–water partition coefficient (Wildman–Crippen LogP) is 6.18. The number of aryl methyl sites for hydroxylation is 1. The van der Waals surface area contributed by atoms with Gasteiger partial charge in [-0.2, -0.15) is 0 Å². The van der Waals surface area contributed by atoms with Crippen LogP contribution in [0.4, 0.5) is 0 Å². The van der Waals surface area contributed by atoms with Crippen LogP contribution in [-0.4, -0.2) is 51.1 Å². The summed E-state index contributed by atoms with van der Waals surface area (Å²) in [5.41, 5.74) is 2.42. The summed E-state index contributed by atoms with van der Waals surface area (Å²) in [6.45, 7) is 0.114. The zero-order valence-corrected chi connectivity index (χ0v) is 23.3. The summed E-state index contributed by atoms with van der Waals surface area (Å²) in [6.07, 6.45) is 2.25. The van der Waals surface area contributed by atoms with Crippen LogP contribution in [0.1, 0.15) is 77.0 Å². The molecule has 0 unspecified atom stereocenters. The molecule has 1 aliphatic rings. The van der Waals surface area contributed by atoms with Crippen molar-refractivity contribution in [1.29, 1.82) is 0 Å². The van der Waals surface area contributed by atoms with Crippen LogP contribution in [0.3, 0.4) is 0 Å². The zero-order valence-electron chi connectivity index (χ0n) is 23.3. The molecule has 3 N–H and O–H groups in total. The lowest BCUT2D eigenvalue weighted by atomic mass is 9.86. The Hall–Kier alpha value is -5.44. The largest absolute Gasteiger partial charge is 0.497 e. The van der Waals surface area contributed by atoms with E-state index in [9.17, 15) is 34.5 Å². The Morgan fingerprint density at radius 3 is 1.86 bits per heavy atom. The standard InChI is InChI=1S/C34H29NO8/c1-43-24-15-13-22(14-16-24)21-11-9-20(10-12-21)19-35(30-8-4-6-23-5-2-3-7-25(23)30)31(36)26-17-28(33(39)40)29(34(41)42)18-27(26)32(37)38/h2-3,5,7,9-18,30H,4,6,8,19H2,1H3,(H,37,38)(H,39,40)(H,41,42)/t30-/m0/s1. The maximum atomic E-state index is 14.3. The molecule has 1 amide bonds. The number of nitrogens with zero attached hydrogens (tertiary/aromatic N) is 1. The number of carboxylic acid groups (broad SMARTS) is 3. The lowest BCUT2D eigenvalue weighted by Gasteiger charge is -2.36. The normalized spacial score (nSPS) is 13.9. The van der Waals surface area contributed by atoms with Crippen LogP contribution in [0, 0.1) is 0 Å². The molecule has 0 aromatic heterocycles. The molecule has 1 aliphatic carbocycles. The van der Waals surface area contributed by atoms with E-state index < -0.39 is 46.5 Å². The highest BCUT2D eigenvalue weighted by atomic mass is 16.5. The fourth-order valence-corrected chi connectivity index (χ4v) is 5.62. The van der Waals surface area contributed by atoms with E-state index in [1.54, 1.807) is 12.0 Å². The third-order valence-electron chi connectivity index (χ3n) is 7.78. The second-order valence-electron chi connectivity index (χ2n) is 10.3. The Morgan fingerprint density at radius 2 is 1.28 bits per heavy atom. The average molecular weight is 580 g/mol. The smallest absolute Gasteiger partial charge is 0.336 e. The van der Waals surface area contributed by atoms with Crippen molar-refractivity contribution in [3.63, 3.8) is 0 Å². The minimum atomic E-state index is -1.60. The Labute approximate surface area is 247 Å². The van der Waals surface area contributed by atoms with Crippen molar-refractivity contribution in [2.45, 2.75) is 31.8 Å². The molecule has 0 saturated carbocycles. The SMILES string of the molecule is COc1ccc(-c2ccc(CN(C(=O)c3cc(C(=O)O)c(C(=O)O)cc3C(=O)O)[C@H]3CCCc4ccccc43)cc2)cc1. The predicted molar refractivity (Wildman–Crippen MR) is 158 cm³/mol. The van der Waals surface area contributed by atoms with Gasteiger partial charge in [-0.15, -0.1) is 0 Å². The molecule has 0 radical (unpaired) electrons. The molecule has 4 aromatic rings. The van der Waals surface area contributed by atoms with Gasteiger partial charge in [-0.1, -0.05) is 60.7 Å². The fourth-order valence-electron chi connectivity index (χ4n) is 5.62. The van der Waals surface area contributed by atoms with Crippen molar-refractivity contribution in [1.82, 2.24) is 4.90 Å². The molecule has 5 rings (SSSR count). The van der Waals surface area contributed by atoms with Crippen molar-refractivity contribution in [2.75, 3.05) is 7.11 Å². The van der Waals surface area contributed by atoms with Gasteiger partial charge in [0.2, 0.25) is 0 Å². The van der Waals surface area contributed by atoms with Gasteiger partial charge in [-0.3, -0.25) is 4.79 Å². The molecule has 4 aromatic carbocycles. The highest BCUT2D eigenvalue weighted by Crippen LogP contribution is 2.37. The summed E-state index contributed by atoms with van der Waals surface area (Å²) >= 11 is 0. The van der Waals surface area contributed by atoms with Gasteiger partial charge in [0.1, 0.15) is 5.75 Å². The highest BCUT2D eigenvalue weighted by molar-refractivity contribution is 6.10. The van der Waals surface area contributed by atoms with Crippen molar-refractivity contribution in [3.8, 4) is 16.9 Å². The zero-order chi connectivity index (χ0) is 30.7. The Bertz CT molecular complexity index is 1710. The monoisotopic (exact) mass is 579 g/mol. The lowest BCUT2D eigenvalue weighted by molar-refractivity contribution is 0.0611. The van der Waals surface area contributed by atoms with Crippen molar-refractivity contribution in [2.24, 2.45) is 0 Å². The second kappa shape index (κ2) is 12.2. The molecule has 9 nitrogen and oxygen atoms in total. The first kappa shape index (κ1) is 29.1. The van der Waals surface area contributed by atoms with E-state index in [-0.39, 0.29) is 12.1 Å². The molecule has 0 fully saturated rings. The number of fused-ring (bicyclic) bond motifs is 1. The molecule has 9 heteroatoms. The Balaban J connectivity index is 1.58. The van der Waals surface area contributed by atoms with Crippen LogP contribution in [0.15, 0.2) is 84.9 Å². The van der Waals surface area contributed by atoms with Gasteiger partial charge in [-0.05, 0) is 71.3 Å². The van der Waals surface area contributed by atoms with E-state index in [0.29, 0.717) is 6.42 Å². The van der Waals surface area contributed by atoms with Crippen LogP contribution in [0.5, 0.6) is 5.75 Å². The quantitative estimate of drug-likeness (QED) is 0.214. The first-order valence-electron chi connectivity index (χ1n) is 13.7. The molecular formula is C34H29NO8. The molecular weight excluding hydrogens is 550 g/mol. The van der Waals surface area contributed by atoms with Crippen LogP contribution < -0.4 is 4.74 Å². The fraction of sp³-hybridized carbons (Fsp3) is 0.176. The number of methoxy groups -OCH3 is 1.